The zero-order chi connectivity index (χ0) is 28.0. The number of anilines is 1. The summed E-state index contributed by atoms with van der Waals surface area (Å²) >= 11 is 0. The third kappa shape index (κ3) is 4.43. The molecule has 2 bridgehead atoms. The van der Waals surface area contributed by atoms with Crippen molar-refractivity contribution in [2.24, 2.45) is 28.7 Å². The summed E-state index contributed by atoms with van der Waals surface area (Å²) in [5.74, 6) is 3.98. The first-order valence-corrected chi connectivity index (χ1v) is 13.6. The van der Waals surface area contributed by atoms with Gasteiger partial charge in [0.2, 0.25) is 5.95 Å². The van der Waals surface area contributed by atoms with Gasteiger partial charge in [0, 0.05) is 60.8 Å². The zero-order valence-electron chi connectivity index (χ0n) is 23.0. The van der Waals surface area contributed by atoms with Crippen molar-refractivity contribution in [1.29, 1.82) is 0 Å². The van der Waals surface area contributed by atoms with Crippen LogP contribution in [0.15, 0.2) is 63.3 Å². The molecule has 1 amide bonds. The molecule has 40 heavy (non-hydrogen) atoms. The summed E-state index contributed by atoms with van der Waals surface area (Å²) in [4.78, 5) is 28.0. The summed E-state index contributed by atoms with van der Waals surface area (Å²) in [5.41, 5.74) is 4.69. The molecule has 6 rings (SSSR count). The topological polar surface area (TPSA) is 134 Å². The van der Waals surface area contributed by atoms with Crippen LogP contribution in [0, 0.1) is 30.6 Å². The Balaban J connectivity index is 1.29. The third-order valence-electron chi connectivity index (χ3n) is 8.62. The van der Waals surface area contributed by atoms with E-state index < -0.39 is 5.91 Å². The first-order chi connectivity index (χ1) is 19.4. The van der Waals surface area contributed by atoms with Gasteiger partial charge in [-0.05, 0) is 43.9 Å². The molecule has 2 aromatic heterocycles. The summed E-state index contributed by atoms with van der Waals surface area (Å²) in [7, 11) is 3.34. The molecule has 210 valence electrons. The maximum Gasteiger partial charge on any atom is 0.277 e. The van der Waals surface area contributed by atoms with E-state index in [9.17, 15) is 4.79 Å². The largest absolute Gasteiger partial charge is 0.497 e. The number of furan rings is 1. The van der Waals surface area contributed by atoms with Gasteiger partial charge in [0.25, 0.3) is 5.91 Å². The van der Waals surface area contributed by atoms with Crippen molar-refractivity contribution >= 4 is 23.3 Å². The molecule has 2 fully saturated rings. The summed E-state index contributed by atoms with van der Waals surface area (Å²) < 4.78 is 17.4. The van der Waals surface area contributed by atoms with Crippen LogP contribution < -0.4 is 15.7 Å². The molecule has 2 aromatic rings. The Bertz CT molecular complexity index is 1420. The number of nitrogens with one attached hydrogen (secondary N) is 2. The van der Waals surface area contributed by atoms with Crippen LogP contribution in [0.4, 0.5) is 5.95 Å². The van der Waals surface area contributed by atoms with Gasteiger partial charge in [-0.3, -0.25) is 15.0 Å². The molecule has 3 N–H and O–H groups in total. The van der Waals surface area contributed by atoms with Crippen LogP contribution in [-0.2, 0) is 9.47 Å². The number of piperidine rings is 1. The summed E-state index contributed by atoms with van der Waals surface area (Å²) in [6.45, 7) is 5.62. The van der Waals surface area contributed by atoms with Gasteiger partial charge >= 0.3 is 0 Å². The number of nitrogens with zero attached hydrogens (tertiary/aromatic N) is 4. The fourth-order valence-corrected chi connectivity index (χ4v) is 6.70. The van der Waals surface area contributed by atoms with Gasteiger partial charge in [-0.2, -0.15) is 0 Å². The number of carbonyl (C=O) groups excluding carboxylic acids is 1. The van der Waals surface area contributed by atoms with Gasteiger partial charge in [0.1, 0.15) is 11.5 Å². The summed E-state index contributed by atoms with van der Waals surface area (Å²) in [6.07, 6.45) is 9.19. The van der Waals surface area contributed by atoms with Crippen LogP contribution in [0.3, 0.4) is 0 Å². The molecular formula is C29H34N6O5. The number of allylic oxidation sites excluding steroid dienone is 4. The highest BCUT2D eigenvalue weighted by molar-refractivity contribution is 6.06. The van der Waals surface area contributed by atoms with Crippen LogP contribution in [0.1, 0.15) is 41.6 Å². The van der Waals surface area contributed by atoms with E-state index in [0.717, 1.165) is 53.8 Å². The van der Waals surface area contributed by atoms with Crippen LogP contribution in [-0.4, -0.2) is 60.1 Å². The van der Waals surface area contributed by atoms with E-state index in [1.54, 1.807) is 19.7 Å². The molecule has 1 saturated heterocycles. The Morgan fingerprint density at radius 3 is 2.70 bits per heavy atom. The minimum absolute atomic E-state index is 0.00244. The lowest BCUT2D eigenvalue weighted by atomic mass is 9.79. The van der Waals surface area contributed by atoms with Gasteiger partial charge < -0.3 is 24.1 Å². The van der Waals surface area contributed by atoms with Crippen molar-refractivity contribution in [1.82, 2.24) is 20.8 Å². The van der Waals surface area contributed by atoms with E-state index in [1.807, 2.05) is 25.1 Å². The predicted molar refractivity (Wildman–Crippen MR) is 147 cm³/mol. The number of aryl methyl sites for hydroxylation is 1. The molecule has 0 spiro atoms. The number of hydrogen-bond donors (Lipinski definition) is 3. The number of carbonyl (C=O) groups is 1. The van der Waals surface area contributed by atoms with E-state index in [0.29, 0.717) is 30.1 Å². The highest BCUT2D eigenvalue weighted by Gasteiger charge is 2.48. The molecular weight excluding hydrogens is 512 g/mol. The van der Waals surface area contributed by atoms with E-state index >= 15 is 0 Å². The SMILES string of the molecule is COC1=C(OC)C(C)C2C(=C1)NC(c1ccc(C)o1)=CC2=NCC1C2CCC1N(c1ncc(C(=O)NO)cn1)C2. The van der Waals surface area contributed by atoms with Crippen molar-refractivity contribution in [3.05, 3.63) is 71.0 Å². The molecule has 5 atom stereocenters. The number of hydrogen-bond acceptors (Lipinski definition) is 10. The molecule has 11 nitrogen and oxygen atoms in total. The maximum atomic E-state index is 11.7. The molecule has 4 aliphatic rings. The Labute approximate surface area is 232 Å². The highest BCUT2D eigenvalue weighted by atomic mass is 16.5. The van der Waals surface area contributed by atoms with Gasteiger partial charge in [-0.15, -0.1) is 0 Å². The number of methoxy groups -OCH3 is 2. The van der Waals surface area contributed by atoms with Gasteiger partial charge in [0.15, 0.2) is 11.5 Å². The maximum absolute atomic E-state index is 11.7. The van der Waals surface area contributed by atoms with E-state index in [2.05, 4.69) is 33.2 Å². The Hall–Kier alpha value is -4.12. The Morgan fingerprint density at radius 2 is 2.02 bits per heavy atom. The molecule has 4 heterocycles. The molecule has 0 radical (unpaired) electrons. The van der Waals surface area contributed by atoms with Crippen LogP contribution in [0.2, 0.25) is 0 Å². The van der Waals surface area contributed by atoms with Gasteiger partial charge in [-0.25, -0.2) is 15.4 Å². The van der Waals surface area contributed by atoms with Crippen molar-refractivity contribution in [3.63, 3.8) is 0 Å². The van der Waals surface area contributed by atoms with Crippen molar-refractivity contribution in [3.8, 4) is 0 Å². The second-order valence-corrected chi connectivity index (χ2v) is 10.8. The highest BCUT2D eigenvalue weighted by Crippen LogP contribution is 2.45. The minimum Gasteiger partial charge on any atom is -0.497 e. The normalized spacial score (nSPS) is 28.2. The van der Waals surface area contributed by atoms with E-state index in [1.165, 1.54) is 12.4 Å². The minimum atomic E-state index is -0.628. The smallest absolute Gasteiger partial charge is 0.277 e. The van der Waals surface area contributed by atoms with Crippen molar-refractivity contribution in [2.45, 2.75) is 32.7 Å². The lowest BCUT2D eigenvalue weighted by Gasteiger charge is -2.36. The van der Waals surface area contributed by atoms with Gasteiger partial charge in [0.05, 0.1) is 31.4 Å². The number of aliphatic imine (C=N–C) groups is 1. The molecule has 5 unspecified atom stereocenters. The second-order valence-electron chi connectivity index (χ2n) is 10.8. The lowest BCUT2D eigenvalue weighted by molar-refractivity contribution is 0.0705. The predicted octanol–water partition coefficient (Wildman–Crippen LogP) is 3.45. The number of aromatic nitrogens is 2. The van der Waals surface area contributed by atoms with Crippen molar-refractivity contribution < 1.29 is 23.9 Å². The molecule has 2 aliphatic heterocycles. The molecule has 2 aliphatic carbocycles. The van der Waals surface area contributed by atoms with Crippen LogP contribution in [0.5, 0.6) is 0 Å². The first kappa shape index (κ1) is 26.1. The fourth-order valence-electron chi connectivity index (χ4n) is 6.70. The number of ether oxygens (including phenoxy) is 2. The quantitative estimate of drug-likeness (QED) is 0.353. The monoisotopic (exact) mass is 546 g/mol. The summed E-state index contributed by atoms with van der Waals surface area (Å²) in [6, 6.07) is 4.20. The number of hydroxylamine groups is 1. The number of fused-ring (bicyclic) bond motifs is 3. The summed E-state index contributed by atoms with van der Waals surface area (Å²) in [5, 5.41) is 12.4. The molecule has 11 heteroatoms. The Morgan fingerprint density at radius 1 is 1.23 bits per heavy atom. The molecule has 0 aromatic carbocycles. The first-order valence-electron chi connectivity index (χ1n) is 13.6. The standard InChI is InChI=1S/C29H34N6O5/c1-15-5-8-24(40-15)20-9-21(26-16(2)27(39-4)25(38-3)10-22(26)33-20)30-13-19-17-6-7-23(19)35(14-17)29-31-11-18(12-32-29)28(36)34-37/h5,8-12,16-17,19,23,26,33,37H,6-7,13-14H2,1-4H3,(H,34,36). The zero-order valence-corrected chi connectivity index (χ0v) is 23.0. The van der Waals surface area contributed by atoms with Crippen LogP contribution in [0.25, 0.3) is 5.70 Å². The second kappa shape index (κ2) is 10.5. The average Bonchev–Trinajstić information content (AvgIpc) is 3.69. The Kier molecular flexibility index (Phi) is 6.83. The fraction of sp³-hybridized carbons (Fsp3) is 0.448. The number of rotatable bonds is 7. The molecule has 1 saturated carbocycles. The number of amides is 1. The van der Waals surface area contributed by atoms with Crippen LogP contribution >= 0.6 is 0 Å². The van der Waals surface area contributed by atoms with Gasteiger partial charge in [-0.1, -0.05) is 6.92 Å². The average molecular weight is 547 g/mol. The third-order valence-corrected chi connectivity index (χ3v) is 8.62. The van der Waals surface area contributed by atoms with Crippen molar-refractivity contribution in [2.75, 3.05) is 32.2 Å². The lowest BCUT2D eigenvalue weighted by Crippen LogP contribution is -2.38. The van der Waals surface area contributed by atoms with E-state index in [4.69, 9.17) is 24.1 Å². The van der Waals surface area contributed by atoms with E-state index in [-0.39, 0.29) is 23.4 Å².